The molecule has 2 aliphatic heterocycles. The third kappa shape index (κ3) is 18.4. The summed E-state index contributed by atoms with van der Waals surface area (Å²) in [5.74, 6) is 1.21. The number of sulfone groups is 2. The van der Waals surface area contributed by atoms with E-state index in [-0.39, 0.29) is 33.1 Å². The number of fused-ring (bicyclic) bond motifs is 2. The molecule has 81 heavy (non-hydrogen) atoms. The molecule has 0 bridgehead atoms. The Hall–Kier alpha value is -7.21. The summed E-state index contributed by atoms with van der Waals surface area (Å²) in [5.41, 5.74) is 2.58. The Balaban J connectivity index is 0.000000183. The van der Waals surface area contributed by atoms with E-state index in [2.05, 4.69) is 60.0 Å². The van der Waals surface area contributed by atoms with Crippen LogP contribution in [-0.2, 0) is 38.5 Å². The fourth-order valence-electron chi connectivity index (χ4n) is 9.88. The van der Waals surface area contributed by atoms with Crippen molar-refractivity contribution in [2.45, 2.75) is 93.5 Å². The lowest BCUT2D eigenvalue weighted by Crippen LogP contribution is -2.40. The minimum atomic E-state index is -3.86. The van der Waals surface area contributed by atoms with Gasteiger partial charge in [0.05, 0.1) is 32.0 Å². The molecule has 0 spiro atoms. The Morgan fingerprint density at radius 2 is 1.09 bits per heavy atom. The number of hydrogen-bond donors (Lipinski definition) is 0. The standard InChI is InChI=1S/C29H28N2O5S.C19H22N2O3.C11H9ClO2S.C5H12/c32-31(33)28-16-15-25(36-26-12-7-17-30(20-26)19-22-8-2-1-3-9-22)18-24(28)21-37(34,35)29-14-6-11-23-10-4-5-13-27(23)29;22-21(23)18-6-8-19(9-7-18)24-15-17-10-12-20(13-11-17)14-16-4-2-1-3-5-16;12-8-15(13,14)11-7-3-5-9-4-1-2-6-10(9)11;1-3-5-4-2/h1-6,8-11,13-16,18,26H,7,12,17,19-21H2;1-9,17H,10-15H2;1-7H,8H2;3-5H2,1-2H3. The van der Waals surface area contributed by atoms with E-state index in [4.69, 9.17) is 21.1 Å². The van der Waals surface area contributed by atoms with Crippen molar-refractivity contribution in [3.63, 3.8) is 0 Å². The van der Waals surface area contributed by atoms with Crippen LogP contribution in [0.5, 0.6) is 11.5 Å². The molecule has 0 radical (unpaired) electrons. The zero-order valence-electron chi connectivity index (χ0n) is 45.9. The first-order valence-electron chi connectivity index (χ1n) is 27.5. The summed E-state index contributed by atoms with van der Waals surface area (Å²) in [6.45, 7) is 10.8. The van der Waals surface area contributed by atoms with Gasteiger partial charge in [-0.3, -0.25) is 30.0 Å². The van der Waals surface area contributed by atoms with Crippen molar-refractivity contribution in [3.05, 3.63) is 225 Å². The van der Waals surface area contributed by atoms with Gasteiger partial charge in [-0.1, -0.05) is 167 Å². The number of alkyl halides is 1. The highest BCUT2D eigenvalue weighted by molar-refractivity contribution is 7.92. The highest BCUT2D eigenvalue weighted by atomic mass is 35.5. The van der Waals surface area contributed by atoms with Crippen LogP contribution < -0.4 is 9.47 Å². The number of nitrogens with zero attached hydrogens (tertiary/aromatic N) is 4. The molecule has 1 atom stereocenters. The molecule has 2 heterocycles. The van der Waals surface area contributed by atoms with Crippen LogP contribution in [0.3, 0.4) is 0 Å². The van der Waals surface area contributed by atoms with E-state index >= 15 is 0 Å². The lowest BCUT2D eigenvalue weighted by molar-refractivity contribution is -0.385. The van der Waals surface area contributed by atoms with Gasteiger partial charge in [-0.05, 0) is 110 Å². The number of rotatable bonds is 18. The third-order valence-electron chi connectivity index (χ3n) is 14.1. The molecule has 1 unspecified atom stereocenters. The molecule has 0 aliphatic carbocycles. The minimum Gasteiger partial charge on any atom is -0.493 e. The number of ether oxygens (including phenoxy) is 2. The summed E-state index contributed by atoms with van der Waals surface area (Å²) < 4.78 is 62.3. The predicted molar refractivity (Wildman–Crippen MR) is 323 cm³/mol. The molecule has 8 aromatic carbocycles. The maximum absolute atomic E-state index is 13.4. The minimum absolute atomic E-state index is 0.0820. The molecule has 2 aliphatic rings. The summed E-state index contributed by atoms with van der Waals surface area (Å²) in [5, 5.41) is 25.0. The topological polar surface area (TPSA) is 179 Å². The molecule has 2 fully saturated rings. The van der Waals surface area contributed by atoms with Gasteiger partial charge in [0.25, 0.3) is 11.4 Å². The van der Waals surface area contributed by atoms with Gasteiger partial charge in [-0.15, -0.1) is 11.6 Å². The average molecular weight is 1160 g/mol. The van der Waals surface area contributed by atoms with E-state index in [9.17, 15) is 37.1 Å². The van der Waals surface area contributed by atoms with Crippen molar-refractivity contribution < 1.29 is 36.2 Å². The molecule has 14 nitrogen and oxygen atoms in total. The maximum atomic E-state index is 13.4. The second-order valence-electron chi connectivity index (χ2n) is 20.2. The van der Waals surface area contributed by atoms with Gasteiger partial charge in [0.15, 0.2) is 19.7 Å². The number of likely N-dealkylation sites (tertiary alicyclic amines) is 2. The van der Waals surface area contributed by atoms with E-state index in [1.165, 1.54) is 54.7 Å². The summed E-state index contributed by atoms with van der Waals surface area (Å²) in [6.07, 6.45) is 8.09. The molecule has 8 aromatic rings. The molecule has 0 saturated carbocycles. The maximum Gasteiger partial charge on any atom is 0.273 e. The van der Waals surface area contributed by atoms with Gasteiger partial charge < -0.3 is 9.47 Å². The Morgan fingerprint density at radius 3 is 1.62 bits per heavy atom. The second-order valence-corrected chi connectivity index (χ2v) is 24.7. The molecular formula is C64H71ClN4O10S2. The number of benzene rings is 8. The number of non-ortho nitro benzene ring substituents is 1. The van der Waals surface area contributed by atoms with E-state index in [1.54, 1.807) is 60.7 Å². The van der Waals surface area contributed by atoms with Crippen LogP contribution in [0.4, 0.5) is 11.4 Å². The Kier molecular flexibility index (Phi) is 23.2. The first-order chi connectivity index (χ1) is 39.2. The number of halogens is 1. The van der Waals surface area contributed by atoms with Crippen LogP contribution in [0.25, 0.3) is 21.5 Å². The van der Waals surface area contributed by atoms with E-state index in [0.717, 1.165) is 81.1 Å². The fourth-order valence-corrected chi connectivity index (χ4v) is 12.8. The zero-order valence-corrected chi connectivity index (χ0v) is 48.3. The molecular weight excluding hydrogens is 1080 g/mol. The van der Waals surface area contributed by atoms with Crippen molar-refractivity contribution in [2.24, 2.45) is 5.92 Å². The average Bonchev–Trinajstić information content (AvgIpc) is 3.59. The van der Waals surface area contributed by atoms with Gasteiger partial charge in [0.1, 0.15) is 22.8 Å². The van der Waals surface area contributed by atoms with Gasteiger partial charge >= 0.3 is 0 Å². The van der Waals surface area contributed by atoms with Gasteiger partial charge in [-0.2, -0.15) is 0 Å². The first kappa shape index (κ1) is 61.4. The summed E-state index contributed by atoms with van der Waals surface area (Å²) in [7, 11) is -7.22. The Labute approximate surface area is 481 Å². The third-order valence-corrected chi connectivity index (χ3v) is 18.0. The SMILES string of the molecule is CCCCC.O=S(=O)(CCl)c1cccc2ccccc12.O=[N+]([O-])c1ccc(OC2CCCN(Cc3ccccc3)C2)cc1CS(=O)(=O)c1cccc2ccccc12.O=[N+]([O-])c1ccc(OCC2CCN(Cc3ccccc3)CC2)cc1. The lowest BCUT2D eigenvalue weighted by Gasteiger charge is -2.33. The molecule has 10 rings (SSSR count). The van der Waals surface area contributed by atoms with Crippen LogP contribution in [0.15, 0.2) is 198 Å². The normalized spacial score (nSPS) is 15.0. The number of piperidine rings is 2. The Morgan fingerprint density at radius 1 is 0.568 bits per heavy atom. The van der Waals surface area contributed by atoms with Crippen molar-refractivity contribution in [1.29, 1.82) is 0 Å². The molecule has 0 amide bonds. The number of nitro benzene ring substituents is 2. The van der Waals surface area contributed by atoms with Crippen molar-refractivity contribution in [1.82, 2.24) is 9.80 Å². The molecule has 2 saturated heterocycles. The Bertz CT molecular complexity index is 3500. The molecule has 17 heteroatoms. The summed E-state index contributed by atoms with van der Waals surface area (Å²) in [4.78, 5) is 26.7. The van der Waals surface area contributed by atoms with Gasteiger partial charge in [0.2, 0.25) is 0 Å². The van der Waals surface area contributed by atoms with Crippen LogP contribution in [0, 0.1) is 26.1 Å². The van der Waals surface area contributed by atoms with E-state index in [0.29, 0.717) is 34.3 Å². The lowest BCUT2D eigenvalue weighted by atomic mass is 9.97. The van der Waals surface area contributed by atoms with Crippen molar-refractivity contribution >= 4 is 64.2 Å². The highest BCUT2D eigenvalue weighted by Gasteiger charge is 2.27. The summed E-state index contributed by atoms with van der Waals surface area (Å²) >= 11 is 5.44. The monoisotopic (exact) mass is 1150 g/mol. The van der Waals surface area contributed by atoms with Crippen molar-refractivity contribution in [3.8, 4) is 11.5 Å². The van der Waals surface area contributed by atoms with Crippen LogP contribution >= 0.6 is 11.6 Å². The highest BCUT2D eigenvalue weighted by Crippen LogP contribution is 2.32. The van der Waals surface area contributed by atoms with Gasteiger partial charge in [0, 0.05) is 54.2 Å². The molecule has 0 aromatic heterocycles. The quantitative estimate of drug-likeness (QED) is 0.0451. The fraction of sp³-hybridized carbons (Fsp3) is 0.312. The number of hydrogen-bond acceptors (Lipinski definition) is 12. The predicted octanol–water partition coefficient (Wildman–Crippen LogP) is 14.7. The van der Waals surface area contributed by atoms with Crippen LogP contribution in [0.1, 0.15) is 75.5 Å². The van der Waals surface area contributed by atoms with Gasteiger partial charge in [-0.25, -0.2) is 16.8 Å². The van der Waals surface area contributed by atoms with Crippen molar-refractivity contribution in [2.75, 3.05) is 38.0 Å². The van der Waals surface area contributed by atoms with Crippen LogP contribution in [0.2, 0.25) is 0 Å². The van der Waals surface area contributed by atoms with E-state index in [1.807, 2.05) is 66.7 Å². The first-order valence-corrected chi connectivity index (χ1v) is 31.3. The number of unbranched alkanes of at least 4 members (excludes halogenated alkanes) is 2. The zero-order chi connectivity index (χ0) is 57.6. The molecule has 0 N–H and O–H groups in total. The smallest absolute Gasteiger partial charge is 0.273 e. The molecule has 426 valence electrons. The number of nitro groups is 2. The largest absolute Gasteiger partial charge is 0.493 e. The van der Waals surface area contributed by atoms with E-state index < -0.39 is 35.3 Å². The summed E-state index contributed by atoms with van der Waals surface area (Å²) in [6, 6.07) is 56.4. The second kappa shape index (κ2) is 30.6. The van der Waals surface area contributed by atoms with Crippen LogP contribution in [-0.4, -0.2) is 80.6 Å².